The van der Waals surface area contributed by atoms with E-state index in [1.807, 2.05) is 36.9 Å². The summed E-state index contributed by atoms with van der Waals surface area (Å²) in [5.74, 6) is 0.735. The highest BCUT2D eigenvalue weighted by Gasteiger charge is 2.18. The van der Waals surface area contributed by atoms with Gasteiger partial charge >= 0.3 is 0 Å². The number of aryl methyl sites for hydroxylation is 2. The Bertz CT molecular complexity index is 835. The SMILES string of the molecule is Cc1nn(C)c2sc(C(=O)N(C)CCOc3ccc(Cl)cc3)cc12. The minimum Gasteiger partial charge on any atom is -0.492 e. The van der Waals surface area contributed by atoms with Gasteiger partial charge in [-0.25, -0.2) is 0 Å². The molecule has 3 rings (SSSR count). The zero-order valence-corrected chi connectivity index (χ0v) is 15.3. The van der Waals surface area contributed by atoms with Crippen LogP contribution in [-0.4, -0.2) is 40.8 Å². The number of carbonyl (C=O) groups excluding carboxylic acids is 1. The largest absolute Gasteiger partial charge is 0.492 e. The van der Waals surface area contributed by atoms with Gasteiger partial charge in [0.05, 0.1) is 17.1 Å². The molecular formula is C17H18ClN3O2S. The van der Waals surface area contributed by atoms with Gasteiger partial charge in [0.1, 0.15) is 17.2 Å². The molecule has 2 heterocycles. The molecule has 126 valence electrons. The first kappa shape index (κ1) is 16.8. The lowest BCUT2D eigenvalue weighted by molar-refractivity contribution is 0.0778. The summed E-state index contributed by atoms with van der Waals surface area (Å²) in [7, 11) is 3.67. The van der Waals surface area contributed by atoms with Crippen LogP contribution in [0, 0.1) is 6.92 Å². The van der Waals surface area contributed by atoms with Gasteiger partial charge in [-0.2, -0.15) is 5.10 Å². The third kappa shape index (κ3) is 3.39. The molecule has 1 aromatic carbocycles. The third-order valence-electron chi connectivity index (χ3n) is 3.76. The Morgan fingerprint density at radius 2 is 2.08 bits per heavy atom. The van der Waals surface area contributed by atoms with Gasteiger partial charge in [-0.3, -0.25) is 9.48 Å². The molecule has 24 heavy (non-hydrogen) atoms. The fourth-order valence-electron chi connectivity index (χ4n) is 2.43. The standard InChI is InChI=1S/C17H18ClN3O2S/c1-11-14-10-15(24-17(14)21(3)19-11)16(22)20(2)8-9-23-13-6-4-12(18)5-7-13/h4-7,10H,8-9H2,1-3H3. The molecule has 0 spiro atoms. The number of benzene rings is 1. The monoisotopic (exact) mass is 363 g/mol. The van der Waals surface area contributed by atoms with Gasteiger partial charge in [-0.1, -0.05) is 11.6 Å². The number of hydrogen-bond donors (Lipinski definition) is 0. The average Bonchev–Trinajstić information content (AvgIpc) is 3.10. The average molecular weight is 364 g/mol. The predicted molar refractivity (Wildman–Crippen MR) is 97.2 cm³/mol. The molecule has 0 aliphatic rings. The molecule has 0 radical (unpaired) electrons. The van der Waals surface area contributed by atoms with E-state index in [1.165, 1.54) is 11.3 Å². The Labute approximate surface area is 149 Å². The van der Waals surface area contributed by atoms with Crippen molar-refractivity contribution < 1.29 is 9.53 Å². The molecule has 7 heteroatoms. The third-order valence-corrected chi connectivity index (χ3v) is 5.20. The normalized spacial score (nSPS) is 11.0. The summed E-state index contributed by atoms with van der Waals surface area (Å²) in [5.41, 5.74) is 0.941. The van der Waals surface area contributed by atoms with E-state index >= 15 is 0 Å². The van der Waals surface area contributed by atoms with E-state index in [0.29, 0.717) is 18.2 Å². The molecule has 3 aromatic rings. The van der Waals surface area contributed by atoms with Crippen molar-refractivity contribution in [1.29, 1.82) is 0 Å². The number of ether oxygens (including phenoxy) is 1. The number of halogens is 1. The van der Waals surface area contributed by atoms with Gasteiger partial charge in [0, 0.05) is 24.5 Å². The summed E-state index contributed by atoms with van der Waals surface area (Å²) in [4.78, 5) is 16.0. The van der Waals surface area contributed by atoms with Gasteiger partial charge in [0.25, 0.3) is 5.91 Å². The highest BCUT2D eigenvalue weighted by molar-refractivity contribution is 7.20. The van der Waals surface area contributed by atoms with Crippen LogP contribution in [0.25, 0.3) is 10.2 Å². The summed E-state index contributed by atoms with van der Waals surface area (Å²) in [6, 6.07) is 9.09. The molecular weight excluding hydrogens is 346 g/mol. The van der Waals surface area contributed by atoms with Crippen molar-refractivity contribution in [2.45, 2.75) is 6.92 Å². The lowest BCUT2D eigenvalue weighted by atomic mass is 10.3. The number of nitrogens with zero attached hydrogens (tertiary/aromatic N) is 3. The van der Waals surface area contributed by atoms with E-state index in [1.54, 1.807) is 24.1 Å². The van der Waals surface area contributed by atoms with E-state index in [9.17, 15) is 4.79 Å². The maximum Gasteiger partial charge on any atom is 0.263 e. The molecule has 5 nitrogen and oxygen atoms in total. The number of aromatic nitrogens is 2. The molecule has 0 saturated heterocycles. The van der Waals surface area contributed by atoms with E-state index < -0.39 is 0 Å². The first-order chi connectivity index (χ1) is 11.5. The molecule has 0 N–H and O–H groups in total. The Hall–Kier alpha value is -2.05. The number of carbonyl (C=O) groups is 1. The number of amides is 1. The zero-order chi connectivity index (χ0) is 17.3. The molecule has 0 unspecified atom stereocenters. The minimum atomic E-state index is -0.00435. The summed E-state index contributed by atoms with van der Waals surface area (Å²) < 4.78 is 7.45. The van der Waals surface area contributed by atoms with Crippen LogP contribution < -0.4 is 4.74 Å². The second-order valence-electron chi connectivity index (χ2n) is 5.57. The molecule has 0 bridgehead atoms. The second-order valence-corrected chi connectivity index (χ2v) is 7.03. The van der Waals surface area contributed by atoms with Crippen molar-refractivity contribution >= 4 is 39.1 Å². The number of likely N-dealkylation sites (N-methyl/N-ethyl adjacent to an activating group) is 1. The Morgan fingerprint density at radius 3 is 2.75 bits per heavy atom. The fraction of sp³-hybridized carbons (Fsp3) is 0.294. The maximum atomic E-state index is 12.6. The van der Waals surface area contributed by atoms with Crippen molar-refractivity contribution in [3.63, 3.8) is 0 Å². The molecule has 0 aliphatic heterocycles. The van der Waals surface area contributed by atoms with E-state index in [4.69, 9.17) is 16.3 Å². The van der Waals surface area contributed by atoms with Gasteiger partial charge < -0.3 is 9.64 Å². The van der Waals surface area contributed by atoms with Crippen LogP contribution in [-0.2, 0) is 7.05 Å². The van der Waals surface area contributed by atoms with Crippen molar-refractivity contribution in [3.05, 3.63) is 45.9 Å². The molecule has 0 atom stereocenters. The van der Waals surface area contributed by atoms with Crippen LogP contribution in [0.5, 0.6) is 5.75 Å². The summed E-state index contributed by atoms with van der Waals surface area (Å²) >= 11 is 7.30. The Balaban J connectivity index is 1.61. The van der Waals surface area contributed by atoms with Gasteiger partial charge in [0.2, 0.25) is 0 Å². The first-order valence-electron chi connectivity index (χ1n) is 7.52. The smallest absolute Gasteiger partial charge is 0.263 e. The predicted octanol–water partition coefficient (Wildman–Crippen LogP) is 3.75. The van der Waals surface area contributed by atoms with E-state index in [-0.39, 0.29) is 5.91 Å². The molecule has 0 aliphatic carbocycles. The molecule has 0 saturated carbocycles. The topological polar surface area (TPSA) is 47.4 Å². The lowest BCUT2D eigenvalue weighted by Crippen LogP contribution is -2.30. The Morgan fingerprint density at radius 1 is 1.38 bits per heavy atom. The quantitative estimate of drug-likeness (QED) is 0.693. The highest BCUT2D eigenvalue weighted by atomic mass is 35.5. The zero-order valence-electron chi connectivity index (χ0n) is 13.7. The number of fused-ring (bicyclic) bond motifs is 1. The van der Waals surface area contributed by atoms with E-state index in [2.05, 4.69) is 5.10 Å². The van der Waals surface area contributed by atoms with Crippen LogP contribution >= 0.6 is 22.9 Å². The molecule has 2 aromatic heterocycles. The summed E-state index contributed by atoms with van der Waals surface area (Å²) in [6.07, 6.45) is 0. The van der Waals surface area contributed by atoms with Crippen LogP contribution in [0.1, 0.15) is 15.4 Å². The van der Waals surface area contributed by atoms with Crippen molar-refractivity contribution in [2.24, 2.45) is 7.05 Å². The van der Waals surface area contributed by atoms with Gasteiger partial charge in [0.15, 0.2) is 0 Å². The molecule has 1 amide bonds. The van der Waals surface area contributed by atoms with Crippen molar-refractivity contribution in [2.75, 3.05) is 20.2 Å². The fourth-order valence-corrected chi connectivity index (χ4v) is 3.68. The summed E-state index contributed by atoms with van der Waals surface area (Å²) in [5, 5.41) is 6.07. The van der Waals surface area contributed by atoms with Gasteiger partial charge in [-0.15, -0.1) is 11.3 Å². The highest BCUT2D eigenvalue weighted by Crippen LogP contribution is 2.28. The van der Waals surface area contributed by atoms with Crippen molar-refractivity contribution in [1.82, 2.24) is 14.7 Å². The van der Waals surface area contributed by atoms with Crippen LogP contribution in [0.15, 0.2) is 30.3 Å². The van der Waals surface area contributed by atoms with Crippen LogP contribution in [0.4, 0.5) is 0 Å². The number of rotatable bonds is 5. The second kappa shape index (κ2) is 6.83. The number of thiophene rings is 1. The minimum absolute atomic E-state index is 0.00435. The molecule has 0 fully saturated rings. The van der Waals surface area contributed by atoms with Crippen molar-refractivity contribution in [3.8, 4) is 5.75 Å². The van der Waals surface area contributed by atoms with Gasteiger partial charge in [-0.05, 0) is 37.3 Å². The Kier molecular flexibility index (Phi) is 4.78. The number of hydrogen-bond acceptors (Lipinski definition) is 4. The maximum absolute atomic E-state index is 12.6. The van der Waals surface area contributed by atoms with Crippen LogP contribution in [0.3, 0.4) is 0 Å². The van der Waals surface area contributed by atoms with E-state index in [0.717, 1.165) is 26.5 Å². The first-order valence-corrected chi connectivity index (χ1v) is 8.72. The summed E-state index contributed by atoms with van der Waals surface area (Å²) in [6.45, 7) is 2.88. The van der Waals surface area contributed by atoms with Crippen LogP contribution in [0.2, 0.25) is 5.02 Å². The lowest BCUT2D eigenvalue weighted by Gasteiger charge is -2.16.